The van der Waals surface area contributed by atoms with Crippen LogP contribution >= 0.6 is 11.6 Å². The SMILES string of the molecule is CC[C@H](C)[C@@H]1NC(=O)[C@H](CC(C)C)N(C)C(=O)C[C@@H](C(=O)N2CCC(C)CC2)N(C)C(=O)[C@H](C2CCCCC2)N(C)C(=O)C2(CCCC2)NC(=O)[C@@H]2CCCN2C(=O)[C@H](CCc2ccc(C(F)(F)F)c(Cl)c2)NC(=O)CN(C)C(=O)[C@H](CC2CCCCC2)N(C)C(=O)CN(C)C(=O)CN(C)C1=O. The van der Waals surface area contributed by atoms with Gasteiger partial charge in [0, 0.05) is 69.0 Å². The van der Waals surface area contributed by atoms with Gasteiger partial charge in [-0.05, 0) is 124 Å². The molecule has 0 unspecified atom stereocenters. The summed E-state index contributed by atoms with van der Waals surface area (Å²) in [5.74, 6) is -8.39. The molecule has 102 heavy (non-hydrogen) atoms. The van der Waals surface area contributed by atoms with E-state index in [4.69, 9.17) is 11.6 Å². The Balaban J connectivity index is 1.29. The zero-order valence-corrected chi connectivity index (χ0v) is 63.1. The van der Waals surface area contributed by atoms with Gasteiger partial charge in [-0.3, -0.25) is 57.5 Å². The number of likely N-dealkylation sites (tertiary alicyclic amines) is 1. The van der Waals surface area contributed by atoms with Crippen LogP contribution in [0.4, 0.5) is 13.2 Å². The van der Waals surface area contributed by atoms with Gasteiger partial charge in [0.25, 0.3) is 0 Å². The van der Waals surface area contributed by atoms with Gasteiger partial charge in [0.2, 0.25) is 70.9 Å². The zero-order chi connectivity index (χ0) is 75.2. The molecule has 1 aromatic carbocycles. The van der Waals surface area contributed by atoms with Crippen molar-refractivity contribution in [2.24, 2.45) is 29.6 Å². The molecule has 3 aliphatic heterocycles. The van der Waals surface area contributed by atoms with E-state index in [0.717, 1.165) is 78.2 Å². The molecular formula is C74H114ClF3N12O12. The molecule has 1 spiro atoms. The van der Waals surface area contributed by atoms with Crippen LogP contribution in [0.15, 0.2) is 18.2 Å². The lowest BCUT2D eigenvalue weighted by Gasteiger charge is -2.43. The number of carbonyl (C=O) groups excluding carboxylic acids is 12. The normalized spacial score (nSPS) is 26.9. The van der Waals surface area contributed by atoms with Crippen molar-refractivity contribution < 1.29 is 70.7 Å². The van der Waals surface area contributed by atoms with Gasteiger partial charge in [0.05, 0.1) is 36.6 Å². The maximum absolute atomic E-state index is 15.9. The van der Waals surface area contributed by atoms with Gasteiger partial charge in [-0.2, -0.15) is 13.2 Å². The zero-order valence-electron chi connectivity index (χ0n) is 62.3. The predicted octanol–water partition coefficient (Wildman–Crippen LogP) is 6.67. The van der Waals surface area contributed by atoms with Gasteiger partial charge in [0.15, 0.2) is 0 Å². The number of nitrogens with one attached hydrogen (secondary N) is 3. The number of piperidine rings is 1. The van der Waals surface area contributed by atoms with Crippen LogP contribution in [0, 0.1) is 29.6 Å². The fourth-order valence-electron chi connectivity index (χ4n) is 16.0. The highest BCUT2D eigenvalue weighted by molar-refractivity contribution is 6.31. The Hall–Kier alpha value is -7.06. The molecule has 0 aromatic heterocycles. The number of carbonyl (C=O) groups is 12. The number of fused-ring (bicyclic) bond motifs is 1. The molecule has 0 bridgehead atoms. The summed E-state index contributed by atoms with van der Waals surface area (Å²) < 4.78 is 41.7. The molecule has 6 aliphatic rings. The molecule has 3 saturated carbocycles. The minimum atomic E-state index is -4.76. The maximum atomic E-state index is 15.9. The van der Waals surface area contributed by atoms with Crippen molar-refractivity contribution >= 4 is 82.5 Å². The molecule has 570 valence electrons. The summed E-state index contributed by atoms with van der Waals surface area (Å²) in [6.45, 7) is 8.53. The van der Waals surface area contributed by atoms with Crippen LogP contribution in [-0.4, -0.2) is 251 Å². The van der Waals surface area contributed by atoms with Crippen molar-refractivity contribution in [3.63, 3.8) is 0 Å². The molecule has 12 amide bonds. The third kappa shape index (κ3) is 20.7. The topological polar surface area (TPSA) is 270 Å². The molecule has 3 heterocycles. The maximum Gasteiger partial charge on any atom is 0.417 e. The second kappa shape index (κ2) is 36.6. The number of benzene rings is 1. The van der Waals surface area contributed by atoms with Crippen LogP contribution in [0.3, 0.4) is 0 Å². The van der Waals surface area contributed by atoms with Crippen molar-refractivity contribution in [2.45, 2.75) is 243 Å². The van der Waals surface area contributed by atoms with Crippen molar-refractivity contribution in [1.29, 1.82) is 0 Å². The number of rotatable bonds is 11. The van der Waals surface area contributed by atoms with Crippen molar-refractivity contribution in [3.05, 3.63) is 34.3 Å². The van der Waals surface area contributed by atoms with Crippen molar-refractivity contribution in [2.75, 3.05) is 88.6 Å². The Morgan fingerprint density at radius 2 is 1.23 bits per heavy atom. The molecule has 7 rings (SSSR count). The molecule has 28 heteroatoms. The van der Waals surface area contributed by atoms with Crippen LogP contribution < -0.4 is 16.0 Å². The third-order valence-corrected chi connectivity index (χ3v) is 23.1. The summed E-state index contributed by atoms with van der Waals surface area (Å²) in [7, 11) is 10.0. The van der Waals surface area contributed by atoms with Gasteiger partial charge in [-0.15, -0.1) is 0 Å². The smallest absolute Gasteiger partial charge is 0.343 e. The first-order chi connectivity index (χ1) is 48.1. The summed E-state index contributed by atoms with van der Waals surface area (Å²) in [6, 6.07) is -5.54. The lowest BCUT2D eigenvalue weighted by molar-refractivity contribution is -0.157. The van der Waals surface area contributed by atoms with Crippen LogP contribution in [0.25, 0.3) is 0 Å². The van der Waals surface area contributed by atoms with Crippen molar-refractivity contribution in [3.8, 4) is 0 Å². The Labute approximate surface area is 605 Å². The molecule has 24 nitrogen and oxygen atoms in total. The minimum absolute atomic E-state index is 0.0191. The van der Waals surface area contributed by atoms with E-state index in [9.17, 15) is 41.9 Å². The highest BCUT2D eigenvalue weighted by Crippen LogP contribution is 2.39. The minimum Gasteiger partial charge on any atom is -0.343 e. The Morgan fingerprint density at radius 3 is 1.82 bits per heavy atom. The fourth-order valence-corrected chi connectivity index (χ4v) is 16.3. The van der Waals surface area contributed by atoms with Gasteiger partial charge in [-0.25, -0.2) is 0 Å². The monoisotopic (exact) mass is 1450 g/mol. The van der Waals surface area contributed by atoms with E-state index in [1.807, 2.05) is 20.8 Å². The predicted molar refractivity (Wildman–Crippen MR) is 378 cm³/mol. The lowest BCUT2D eigenvalue weighted by Crippen LogP contribution is -2.65. The van der Waals surface area contributed by atoms with Crippen LogP contribution in [-0.2, 0) is 70.1 Å². The molecule has 3 N–H and O–H groups in total. The number of amides is 12. The average molecular weight is 1460 g/mol. The molecule has 1 aromatic rings. The van der Waals surface area contributed by atoms with E-state index >= 15 is 28.8 Å². The Kier molecular flexibility index (Phi) is 29.5. The van der Waals surface area contributed by atoms with E-state index < -0.39 is 173 Å². The number of nitrogens with zero attached hydrogens (tertiary/aromatic N) is 9. The summed E-state index contributed by atoms with van der Waals surface area (Å²) in [6.07, 6.45) is 6.20. The van der Waals surface area contributed by atoms with Crippen LogP contribution in [0.2, 0.25) is 5.02 Å². The molecule has 3 saturated heterocycles. The van der Waals surface area contributed by atoms with Crippen LogP contribution in [0.1, 0.15) is 193 Å². The van der Waals surface area contributed by atoms with Gasteiger partial charge < -0.3 is 60.0 Å². The van der Waals surface area contributed by atoms with E-state index in [0.29, 0.717) is 75.9 Å². The van der Waals surface area contributed by atoms with E-state index in [2.05, 4.69) is 22.9 Å². The van der Waals surface area contributed by atoms with E-state index in [1.54, 1.807) is 11.8 Å². The van der Waals surface area contributed by atoms with Crippen molar-refractivity contribution in [1.82, 2.24) is 60.0 Å². The Morgan fingerprint density at radius 1 is 0.627 bits per heavy atom. The lowest BCUT2D eigenvalue weighted by atomic mass is 9.81. The van der Waals surface area contributed by atoms with Crippen LogP contribution in [0.5, 0.6) is 0 Å². The second-order valence-corrected chi connectivity index (χ2v) is 31.2. The highest BCUT2D eigenvalue weighted by atomic mass is 35.5. The molecular weight excluding hydrogens is 1340 g/mol. The largest absolute Gasteiger partial charge is 0.417 e. The number of alkyl halides is 3. The molecule has 8 atom stereocenters. The molecule has 0 radical (unpaired) electrons. The highest BCUT2D eigenvalue weighted by Gasteiger charge is 2.52. The van der Waals surface area contributed by atoms with E-state index in [1.165, 1.54) is 79.9 Å². The summed E-state index contributed by atoms with van der Waals surface area (Å²) in [5, 5.41) is 8.21. The number of halogens is 4. The quantitative estimate of drug-likeness (QED) is 0.210. The summed E-state index contributed by atoms with van der Waals surface area (Å²) >= 11 is 6.17. The Bertz CT molecular complexity index is 3170. The first-order valence-corrected chi connectivity index (χ1v) is 37.6. The van der Waals surface area contributed by atoms with Gasteiger partial charge in [0.1, 0.15) is 47.8 Å². The average Bonchev–Trinajstić information content (AvgIpc) is 1.42. The number of hydrogen-bond acceptors (Lipinski definition) is 12. The summed E-state index contributed by atoms with van der Waals surface area (Å²) in [4.78, 5) is 192. The first kappa shape index (κ1) is 82.2. The van der Waals surface area contributed by atoms with Gasteiger partial charge in [-0.1, -0.05) is 123 Å². The molecule has 6 fully saturated rings. The first-order valence-electron chi connectivity index (χ1n) is 37.2. The number of likely N-dealkylation sites (N-methyl/N-ethyl adjacent to an activating group) is 7. The fraction of sp³-hybridized carbons (Fsp3) is 0.757. The van der Waals surface area contributed by atoms with Gasteiger partial charge >= 0.3 is 6.18 Å². The summed E-state index contributed by atoms with van der Waals surface area (Å²) in [5.41, 5.74) is -2.34. The second-order valence-electron chi connectivity index (χ2n) is 30.8. The molecule has 3 aliphatic carbocycles. The standard InChI is InChI=1S/C74H114ClF3N12O12/c1-13-48(5)63-70(100)84(8)44-61(93)82(6)45-62(94)86(10)57(41-49-23-16-14-17-24-49)68(98)83(7)43-59(91)79-54(31-29-50-28-30-52(53(75)40-50)74(76,77)78)67(97)90-36-22-27-55(90)66(96)81-73(34-20-21-35-73)72(102)88(12)64(51-25-18-15-19-26-51)71(101)87(11)58(69(99)89-37-32-47(4)33-38-89)42-60(92)85(9)56(39-46(2)3)65(95)80-63/h28,30,40,46-49,51,54-58,63-64H,13-27,29,31-39,41-45H2,1-12H3,(H,79,91)(H,80,95)(H,81,96)/t48-,54-,55-,56-,57-,58-,63-,64-/m0/s1. The number of hydrogen-bond donors (Lipinski definition) is 3. The third-order valence-electron chi connectivity index (χ3n) is 22.8. The number of aryl methyl sites for hydroxylation is 1. The van der Waals surface area contributed by atoms with E-state index in [-0.39, 0.29) is 63.3 Å².